The van der Waals surface area contributed by atoms with Gasteiger partial charge in [-0.15, -0.1) is 11.8 Å². The number of rotatable bonds is 9. The summed E-state index contributed by atoms with van der Waals surface area (Å²) in [5.74, 6) is 1.17. The van der Waals surface area contributed by atoms with E-state index in [-0.39, 0.29) is 0 Å². The molecule has 1 rings (SSSR count). The lowest BCUT2D eigenvalue weighted by atomic mass is 10.2. The summed E-state index contributed by atoms with van der Waals surface area (Å²) >= 11 is 1.90. The van der Waals surface area contributed by atoms with Crippen molar-refractivity contribution in [2.75, 3.05) is 12.4 Å². The molecule has 1 aromatic carbocycles. The summed E-state index contributed by atoms with van der Waals surface area (Å²) in [6, 6.07) is 10.5. The van der Waals surface area contributed by atoms with Crippen molar-refractivity contribution in [3.63, 3.8) is 0 Å². The highest BCUT2D eigenvalue weighted by molar-refractivity contribution is 7.99. The Morgan fingerprint density at radius 3 is 2.56 bits per heavy atom. The average molecular weight is 238 g/mol. The predicted octanol–water partition coefficient (Wildman–Crippen LogP) is 3.51. The molecule has 0 amide bonds. The maximum atomic E-state index is 9.87. The Morgan fingerprint density at radius 1 is 1.06 bits per heavy atom. The molecule has 0 saturated carbocycles. The zero-order valence-electron chi connectivity index (χ0n) is 9.43. The van der Waals surface area contributed by atoms with Crippen LogP contribution in [0.4, 0.5) is 0 Å². The van der Waals surface area contributed by atoms with Crippen LogP contribution in [-0.2, 0) is 9.53 Å². The maximum Gasteiger partial charge on any atom is 0.293 e. The van der Waals surface area contributed by atoms with Gasteiger partial charge in [0.25, 0.3) is 6.47 Å². The highest BCUT2D eigenvalue weighted by atomic mass is 32.2. The van der Waals surface area contributed by atoms with Crippen LogP contribution in [-0.4, -0.2) is 18.8 Å². The van der Waals surface area contributed by atoms with Crippen molar-refractivity contribution in [1.82, 2.24) is 0 Å². The Hall–Kier alpha value is -0.960. The second kappa shape index (κ2) is 9.28. The van der Waals surface area contributed by atoms with Crippen molar-refractivity contribution < 1.29 is 9.53 Å². The van der Waals surface area contributed by atoms with E-state index in [0.29, 0.717) is 13.1 Å². The number of unbranched alkanes of at least 4 members (excludes halogenated alkanes) is 3. The van der Waals surface area contributed by atoms with E-state index in [1.165, 1.54) is 23.5 Å². The van der Waals surface area contributed by atoms with Gasteiger partial charge in [0.15, 0.2) is 0 Å². The zero-order chi connectivity index (χ0) is 11.5. The predicted molar refractivity (Wildman–Crippen MR) is 67.7 cm³/mol. The molecule has 0 aliphatic heterocycles. The number of hydrogen-bond acceptors (Lipinski definition) is 3. The molecule has 0 unspecified atom stereocenters. The smallest absolute Gasteiger partial charge is 0.293 e. The van der Waals surface area contributed by atoms with E-state index in [1.54, 1.807) is 0 Å². The van der Waals surface area contributed by atoms with Gasteiger partial charge in [-0.05, 0) is 30.7 Å². The average Bonchev–Trinajstić information content (AvgIpc) is 2.34. The van der Waals surface area contributed by atoms with Gasteiger partial charge in [-0.2, -0.15) is 0 Å². The van der Waals surface area contributed by atoms with E-state index in [0.717, 1.165) is 12.8 Å². The van der Waals surface area contributed by atoms with Crippen molar-refractivity contribution in [2.24, 2.45) is 0 Å². The SMILES string of the molecule is O=COCCCCCCSc1ccccc1. The quantitative estimate of drug-likeness (QED) is 0.374. The van der Waals surface area contributed by atoms with E-state index in [9.17, 15) is 4.79 Å². The molecule has 0 heterocycles. The second-order valence-corrected chi connectivity index (χ2v) is 4.71. The normalized spacial score (nSPS) is 10.0. The summed E-state index contributed by atoms with van der Waals surface area (Å²) in [5.41, 5.74) is 0. The minimum Gasteiger partial charge on any atom is -0.468 e. The van der Waals surface area contributed by atoms with Gasteiger partial charge in [0.2, 0.25) is 0 Å². The molecule has 0 saturated heterocycles. The molecule has 88 valence electrons. The third-order valence-corrected chi connectivity index (χ3v) is 3.33. The summed E-state index contributed by atoms with van der Waals surface area (Å²) in [5, 5.41) is 0. The third-order valence-electron chi connectivity index (χ3n) is 2.24. The van der Waals surface area contributed by atoms with Gasteiger partial charge in [-0.3, -0.25) is 4.79 Å². The van der Waals surface area contributed by atoms with E-state index in [2.05, 4.69) is 29.0 Å². The van der Waals surface area contributed by atoms with Crippen molar-refractivity contribution >= 4 is 18.2 Å². The highest BCUT2D eigenvalue weighted by Crippen LogP contribution is 2.18. The molecule has 0 fully saturated rings. The Kier molecular flexibility index (Phi) is 7.60. The number of thioether (sulfide) groups is 1. The summed E-state index contributed by atoms with van der Waals surface area (Å²) in [6.07, 6.45) is 4.56. The van der Waals surface area contributed by atoms with Crippen molar-refractivity contribution in [3.05, 3.63) is 30.3 Å². The Labute approximate surface area is 101 Å². The van der Waals surface area contributed by atoms with Gasteiger partial charge < -0.3 is 4.74 Å². The molecule has 1 aromatic rings. The number of benzene rings is 1. The molecule has 0 spiro atoms. The van der Waals surface area contributed by atoms with Gasteiger partial charge in [0.1, 0.15) is 0 Å². The first-order valence-electron chi connectivity index (χ1n) is 5.66. The molecular weight excluding hydrogens is 220 g/mol. The molecule has 0 radical (unpaired) electrons. The van der Waals surface area contributed by atoms with Gasteiger partial charge in [-0.1, -0.05) is 31.0 Å². The zero-order valence-corrected chi connectivity index (χ0v) is 10.2. The Balaban J connectivity index is 1.90. The van der Waals surface area contributed by atoms with Crippen LogP contribution in [0.3, 0.4) is 0 Å². The van der Waals surface area contributed by atoms with Crippen LogP contribution >= 0.6 is 11.8 Å². The largest absolute Gasteiger partial charge is 0.468 e. The molecule has 0 N–H and O–H groups in total. The lowest BCUT2D eigenvalue weighted by molar-refractivity contribution is -0.128. The minimum absolute atomic E-state index is 0.519. The van der Waals surface area contributed by atoms with E-state index in [4.69, 9.17) is 0 Å². The first-order valence-corrected chi connectivity index (χ1v) is 6.65. The van der Waals surface area contributed by atoms with Gasteiger partial charge in [-0.25, -0.2) is 0 Å². The second-order valence-electron chi connectivity index (χ2n) is 3.54. The lowest BCUT2D eigenvalue weighted by Crippen LogP contribution is -1.91. The number of hydrogen-bond donors (Lipinski definition) is 0. The van der Waals surface area contributed by atoms with Crippen LogP contribution in [0.15, 0.2) is 35.2 Å². The van der Waals surface area contributed by atoms with Crippen LogP contribution in [0.1, 0.15) is 25.7 Å². The molecular formula is C13H18O2S. The monoisotopic (exact) mass is 238 g/mol. The van der Waals surface area contributed by atoms with Gasteiger partial charge >= 0.3 is 0 Å². The fourth-order valence-electron chi connectivity index (χ4n) is 1.40. The van der Waals surface area contributed by atoms with E-state index < -0.39 is 0 Å². The Morgan fingerprint density at radius 2 is 1.81 bits per heavy atom. The topological polar surface area (TPSA) is 26.3 Å². The maximum absolute atomic E-state index is 9.87. The fourth-order valence-corrected chi connectivity index (χ4v) is 2.33. The molecule has 16 heavy (non-hydrogen) atoms. The first kappa shape index (κ1) is 13.1. The first-order chi connectivity index (χ1) is 7.93. The molecule has 2 nitrogen and oxygen atoms in total. The number of ether oxygens (including phenoxy) is 1. The van der Waals surface area contributed by atoms with Gasteiger partial charge in [0.05, 0.1) is 6.61 Å². The minimum atomic E-state index is 0.519. The van der Waals surface area contributed by atoms with Crippen molar-refractivity contribution in [3.8, 4) is 0 Å². The molecule has 0 aliphatic rings. The number of carbonyl (C=O) groups is 1. The summed E-state index contributed by atoms with van der Waals surface area (Å²) in [4.78, 5) is 11.2. The van der Waals surface area contributed by atoms with Crippen molar-refractivity contribution in [1.29, 1.82) is 0 Å². The standard InChI is InChI=1S/C13H18O2S/c14-12-15-10-6-1-2-7-11-16-13-8-4-3-5-9-13/h3-5,8-9,12H,1-2,6-7,10-11H2. The lowest BCUT2D eigenvalue weighted by Gasteiger charge is -2.01. The molecule has 0 bridgehead atoms. The van der Waals surface area contributed by atoms with Gasteiger partial charge in [0, 0.05) is 4.90 Å². The number of carbonyl (C=O) groups excluding carboxylic acids is 1. The highest BCUT2D eigenvalue weighted by Gasteiger charge is 1.93. The fraction of sp³-hybridized carbons (Fsp3) is 0.462. The molecule has 0 aromatic heterocycles. The van der Waals surface area contributed by atoms with Crippen molar-refractivity contribution in [2.45, 2.75) is 30.6 Å². The van der Waals surface area contributed by atoms with Crippen LogP contribution in [0.5, 0.6) is 0 Å². The Bertz CT molecular complexity index is 275. The van der Waals surface area contributed by atoms with Crippen LogP contribution < -0.4 is 0 Å². The van der Waals surface area contributed by atoms with Crippen LogP contribution in [0.25, 0.3) is 0 Å². The van der Waals surface area contributed by atoms with E-state index in [1.807, 2.05) is 17.8 Å². The third kappa shape index (κ3) is 6.51. The summed E-state index contributed by atoms with van der Waals surface area (Å²) < 4.78 is 4.62. The molecule has 0 aliphatic carbocycles. The van der Waals surface area contributed by atoms with Crippen LogP contribution in [0, 0.1) is 0 Å². The molecule has 3 heteroatoms. The summed E-state index contributed by atoms with van der Waals surface area (Å²) in [7, 11) is 0. The molecule has 0 atom stereocenters. The van der Waals surface area contributed by atoms with Crippen LogP contribution in [0.2, 0.25) is 0 Å². The van der Waals surface area contributed by atoms with E-state index >= 15 is 0 Å². The summed E-state index contributed by atoms with van der Waals surface area (Å²) in [6.45, 7) is 1.08.